The summed E-state index contributed by atoms with van der Waals surface area (Å²) in [7, 11) is -6.72. The third kappa shape index (κ3) is 3.90. The Labute approximate surface area is 115 Å². The fourth-order valence-corrected chi connectivity index (χ4v) is 5.58. The van der Waals surface area contributed by atoms with Gasteiger partial charge in [-0.1, -0.05) is 12.8 Å². The van der Waals surface area contributed by atoms with Crippen LogP contribution in [0.1, 0.15) is 38.5 Å². The SMILES string of the molecule is CS(=O)(=O)N1CCC[C@H](S(=O)(=O)NC2CCCC2)C1. The van der Waals surface area contributed by atoms with Crippen molar-refractivity contribution in [3.8, 4) is 0 Å². The molecule has 2 fully saturated rings. The van der Waals surface area contributed by atoms with Crippen molar-refractivity contribution >= 4 is 20.0 Å². The maximum absolute atomic E-state index is 12.3. The molecule has 2 rings (SSSR count). The van der Waals surface area contributed by atoms with Crippen molar-refractivity contribution in [1.82, 2.24) is 9.03 Å². The van der Waals surface area contributed by atoms with E-state index in [1.54, 1.807) is 0 Å². The van der Waals surface area contributed by atoms with E-state index in [0.717, 1.165) is 31.9 Å². The fourth-order valence-electron chi connectivity index (χ4n) is 2.83. The highest BCUT2D eigenvalue weighted by molar-refractivity contribution is 7.90. The average molecular weight is 310 g/mol. The third-order valence-electron chi connectivity index (χ3n) is 3.93. The lowest BCUT2D eigenvalue weighted by molar-refractivity contribution is 0.346. The van der Waals surface area contributed by atoms with Crippen molar-refractivity contribution in [2.24, 2.45) is 0 Å². The molecule has 0 unspecified atom stereocenters. The highest BCUT2D eigenvalue weighted by Crippen LogP contribution is 2.22. The zero-order chi connectivity index (χ0) is 14.1. The molecule has 2 aliphatic rings. The molecule has 1 saturated carbocycles. The summed E-state index contributed by atoms with van der Waals surface area (Å²) in [4.78, 5) is 0. The van der Waals surface area contributed by atoms with Crippen molar-refractivity contribution in [3.63, 3.8) is 0 Å². The van der Waals surface area contributed by atoms with Gasteiger partial charge in [0.2, 0.25) is 20.0 Å². The van der Waals surface area contributed by atoms with Crippen LogP contribution < -0.4 is 4.72 Å². The van der Waals surface area contributed by atoms with E-state index in [9.17, 15) is 16.8 Å². The van der Waals surface area contributed by atoms with E-state index in [1.165, 1.54) is 4.31 Å². The standard InChI is InChI=1S/C11H22N2O4S2/c1-18(14,15)13-8-4-7-11(9-13)19(16,17)12-10-5-2-3-6-10/h10-12H,2-9H2,1H3/t11-/m0/s1. The summed E-state index contributed by atoms with van der Waals surface area (Å²) < 4.78 is 51.6. The Hall–Kier alpha value is -0.180. The van der Waals surface area contributed by atoms with Crippen molar-refractivity contribution in [3.05, 3.63) is 0 Å². The summed E-state index contributed by atoms with van der Waals surface area (Å²) in [6.07, 6.45) is 6.17. The molecule has 19 heavy (non-hydrogen) atoms. The molecule has 0 aromatic heterocycles. The number of hydrogen-bond acceptors (Lipinski definition) is 4. The van der Waals surface area contributed by atoms with Crippen LogP contribution in [0.2, 0.25) is 0 Å². The van der Waals surface area contributed by atoms with Crippen LogP contribution in [-0.2, 0) is 20.0 Å². The highest BCUT2D eigenvalue weighted by atomic mass is 32.2. The molecule has 112 valence electrons. The van der Waals surface area contributed by atoms with Gasteiger partial charge >= 0.3 is 0 Å². The first-order valence-electron chi connectivity index (χ1n) is 6.75. The van der Waals surface area contributed by atoms with Gasteiger partial charge in [0, 0.05) is 19.1 Å². The molecule has 8 heteroatoms. The number of sulfonamides is 2. The lowest BCUT2D eigenvalue weighted by Gasteiger charge is -2.31. The van der Waals surface area contributed by atoms with Crippen LogP contribution in [-0.4, -0.2) is 51.8 Å². The molecule has 1 N–H and O–H groups in total. The summed E-state index contributed by atoms with van der Waals surface area (Å²) in [6, 6.07) is 0.0404. The number of nitrogens with zero attached hydrogens (tertiary/aromatic N) is 1. The van der Waals surface area contributed by atoms with Gasteiger partial charge in [0.25, 0.3) is 0 Å². The molecule has 6 nitrogen and oxygen atoms in total. The molecule has 0 aromatic carbocycles. The second-order valence-corrected chi connectivity index (χ2v) is 9.50. The molecule has 1 saturated heterocycles. The molecular weight excluding hydrogens is 288 g/mol. The number of rotatable bonds is 4. The monoisotopic (exact) mass is 310 g/mol. The molecule has 0 bridgehead atoms. The first kappa shape index (κ1) is 15.2. The Bertz CT molecular complexity index is 509. The van der Waals surface area contributed by atoms with E-state index in [2.05, 4.69) is 4.72 Å². The van der Waals surface area contributed by atoms with Crippen LogP contribution >= 0.6 is 0 Å². The van der Waals surface area contributed by atoms with E-state index >= 15 is 0 Å². The minimum absolute atomic E-state index is 0.0404. The van der Waals surface area contributed by atoms with Gasteiger partial charge in [0.1, 0.15) is 0 Å². The number of hydrogen-bond donors (Lipinski definition) is 1. The third-order valence-corrected chi connectivity index (χ3v) is 7.13. The molecule has 0 spiro atoms. The Balaban J connectivity index is 2.03. The second-order valence-electron chi connectivity index (χ2n) is 5.53. The van der Waals surface area contributed by atoms with E-state index in [4.69, 9.17) is 0 Å². The fraction of sp³-hybridized carbons (Fsp3) is 1.00. The van der Waals surface area contributed by atoms with Crippen molar-refractivity contribution in [1.29, 1.82) is 0 Å². The van der Waals surface area contributed by atoms with Gasteiger partial charge in [-0.15, -0.1) is 0 Å². The largest absolute Gasteiger partial charge is 0.216 e. The van der Waals surface area contributed by atoms with Gasteiger partial charge in [0.15, 0.2) is 0 Å². The minimum Gasteiger partial charge on any atom is -0.213 e. The minimum atomic E-state index is -3.42. The van der Waals surface area contributed by atoms with Gasteiger partial charge < -0.3 is 0 Å². The summed E-state index contributed by atoms with van der Waals surface area (Å²) in [5.41, 5.74) is 0. The van der Waals surface area contributed by atoms with Crippen LogP contribution in [0.15, 0.2) is 0 Å². The molecule has 1 aliphatic carbocycles. The molecule has 0 radical (unpaired) electrons. The smallest absolute Gasteiger partial charge is 0.213 e. The molecule has 0 aromatic rings. The van der Waals surface area contributed by atoms with E-state index in [-0.39, 0.29) is 12.6 Å². The van der Waals surface area contributed by atoms with Crippen molar-refractivity contribution in [2.75, 3.05) is 19.3 Å². The second kappa shape index (κ2) is 5.67. The van der Waals surface area contributed by atoms with Crippen LogP contribution in [0.5, 0.6) is 0 Å². The first-order valence-corrected chi connectivity index (χ1v) is 10.1. The molecular formula is C11H22N2O4S2. The summed E-state index contributed by atoms with van der Waals surface area (Å²) in [5, 5.41) is -0.614. The van der Waals surface area contributed by atoms with Crippen LogP contribution in [0, 0.1) is 0 Å². The summed E-state index contributed by atoms with van der Waals surface area (Å²) in [6.45, 7) is 0.509. The van der Waals surface area contributed by atoms with Gasteiger partial charge in [-0.25, -0.2) is 25.9 Å². The van der Waals surface area contributed by atoms with E-state index < -0.39 is 25.3 Å². The lowest BCUT2D eigenvalue weighted by atomic mass is 10.2. The average Bonchev–Trinajstić information content (AvgIpc) is 2.80. The summed E-state index contributed by atoms with van der Waals surface area (Å²) in [5.74, 6) is 0. The quantitative estimate of drug-likeness (QED) is 0.808. The van der Waals surface area contributed by atoms with E-state index in [0.29, 0.717) is 19.4 Å². The number of piperidine rings is 1. The predicted molar refractivity (Wildman–Crippen MR) is 73.8 cm³/mol. The van der Waals surface area contributed by atoms with Gasteiger partial charge in [0.05, 0.1) is 11.5 Å². The molecule has 0 amide bonds. The highest BCUT2D eigenvalue weighted by Gasteiger charge is 2.35. The normalized spacial score (nSPS) is 27.7. The maximum Gasteiger partial charge on any atom is 0.216 e. The Kier molecular flexibility index (Phi) is 4.54. The lowest BCUT2D eigenvalue weighted by Crippen LogP contribution is -2.49. The zero-order valence-electron chi connectivity index (χ0n) is 11.2. The Morgan fingerprint density at radius 3 is 2.21 bits per heavy atom. The van der Waals surface area contributed by atoms with Gasteiger partial charge in [-0.3, -0.25) is 0 Å². The summed E-state index contributed by atoms with van der Waals surface area (Å²) >= 11 is 0. The van der Waals surface area contributed by atoms with Crippen molar-refractivity contribution < 1.29 is 16.8 Å². The topological polar surface area (TPSA) is 83.6 Å². The predicted octanol–water partition coefficient (Wildman–Crippen LogP) is 0.272. The van der Waals surface area contributed by atoms with Crippen molar-refractivity contribution in [2.45, 2.75) is 49.8 Å². The Morgan fingerprint density at radius 1 is 1.00 bits per heavy atom. The zero-order valence-corrected chi connectivity index (χ0v) is 12.8. The van der Waals surface area contributed by atoms with Crippen LogP contribution in [0.25, 0.3) is 0 Å². The van der Waals surface area contributed by atoms with Gasteiger partial charge in [-0.05, 0) is 25.7 Å². The van der Waals surface area contributed by atoms with Gasteiger partial charge in [-0.2, -0.15) is 0 Å². The molecule has 1 aliphatic heterocycles. The maximum atomic E-state index is 12.3. The van der Waals surface area contributed by atoms with Crippen LogP contribution in [0.3, 0.4) is 0 Å². The molecule has 1 atom stereocenters. The number of nitrogens with one attached hydrogen (secondary N) is 1. The first-order chi connectivity index (χ1) is 8.79. The van der Waals surface area contributed by atoms with E-state index in [1.807, 2.05) is 0 Å². The Morgan fingerprint density at radius 2 is 1.63 bits per heavy atom. The van der Waals surface area contributed by atoms with Crippen LogP contribution in [0.4, 0.5) is 0 Å². The molecule has 1 heterocycles.